The van der Waals surface area contributed by atoms with Crippen LogP contribution in [0, 0.1) is 5.41 Å². The van der Waals surface area contributed by atoms with E-state index in [1.54, 1.807) is 0 Å². The molecule has 0 atom stereocenters. The van der Waals surface area contributed by atoms with Gasteiger partial charge in [0.2, 0.25) is 0 Å². The minimum atomic E-state index is 0.524. The van der Waals surface area contributed by atoms with Crippen molar-refractivity contribution in [2.75, 3.05) is 6.54 Å². The molecule has 0 radical (unpaired) electrons. The summed E-state index contributed by atoms with van der Waals surface area (Å²) < 4.78 is 0. The molecule has 1 heteroatoms. The number of allylic oxidation sites excluding steroid dienone is 1. The molecule has 0 heterocycles. The Balaban J connectivity index is 1.95. The van der Waals surface area contributed by atoms with E-state index in [1.807, 2.05) is 6.08 Å². The molecule has 0 amide bonds. The highest BCUT2D eigenvalue weighted by Gasteiger charge is 2.22. The number of unbranched alkanes of at least 4 members (excludes halogenated alkanes) is 3. The van der Waals surface area contributed by atoms with Gasteiger partial charge in [0.25, 0.3) is 0 Å². The van der Waals surface area contributed by atoms with Crippen LogP contribution < -0.4 is 5.32 Å². The van der Waals surface area contributed by atoms with E-state index >= 15 is 0 Å². The highest BCUT2D eigenvalue weighted by atomic mass is 14.9. The Kier molecular flexibility index (Phi) is 6.12. The zero-order valence-corrected chi connectivity index (χ0v) is 11.2. The van der Waals surface area contributed by atoms with Gasteiger partial charge in [-0.3, -0.25) is 0 Å². The molecule has 94 valence electrons. The first kappa shape index (κ1) is 13.8. The van der Waals surface area contributed by atoms with Crippen LogP contribution in [0.15, 0.2) is 12.7 Å². The minimum absolute atomic E-state index is 0.524. The van der Waals surface area contributed by atoms with Crippen LogP contribution in [-0.4, -0.2) is 12.6 Å². The maximum Gasteiger partial charge on any atom is 0.00682 e. The fraction of sp³-hybridized carbons (Fsp3) is 0.867. The first-order chi connectivity index (χ1) is 7.64. The average molecular weight is 223 g/mol. The summed E-state index contributed by atoms with van der Waals surface area (Å²) in [6, 6.07) is 0.864. The van der Waals surface area contributed by atoms with Crippen molar-refractivity contribution in [2.45, 2.75) is 71.3 Å². The Morgan fingerprint density at radius 1 is 1.19 bits per heavy atom. The lowest BCUT2D eigenvalue weighted by Gasteiger charge is -2.24. The Morgan fingerprint density at radius 3 is 2.56 bits per heavy atom. The monoisotopic (exact) mass is 223 g/mol. The zero-order chi connectivity index (χ0) is 11.9. The highest BCUT2D eigenvalue weighted by Crippen LogP contribution is 2.28. The van der Waals surface area contributed by atoms with E-state index in [9.17, 15) is 0 Å². The summed E-state index contributed by atoms with van der Waals surface area (Å²) in [5.74, 6) is 0. The predicted molar refractivity (Wildman–Crippen MR) is 72.7 cm³/mol. The van der Waals surface area contributed by atoms with Crippen LogP contribution in [0.1, 0.15) is 65.2 Å². The third kappa shape index (κ3) is 7.05. The van der Waals surface area contributed by atoms with Crippen LogP contribution in [0.5, 0.6) is 0 Å². The molecule has 0 bridgehead atoms. The van der Waals surface area contributed by atoms with E-state index in [1.165, 1.54) is 57.9 Å². The van der Waals surface area contributed by atoms with Gasteiger partial charge in [-0.2, -0.15) is 0 Å². The zero-order valence-electron chi connectivity index (χ0n) is 11.2. The molecule has 1 fully saturated rings. The first-order valence-corrected chi connectivity index (χ1v) is 6.98. The lowest BCUT2D eigenvalue weighted by Crippen LogP contribution is -2.23. The summed E-state index contributed by atoms with van der Waals surface area (Å²) in [6.45, 7) is 9.80. The molecule has 1 nitrogen and oxygen atoms in total. The quantitative estimate of drug-likeness (QED) is 0.430. The van der Waals surface area contributed by atoms with Gasteiger partial charge in [0, 0.05) is 6.04 Å². The van der Waals surface area contributed by atoms with Crippen molar-refractivity contribution < 1.29 is 0 Å². The van der Waals surface area contributed by atoms with Gasteiger partial charge in [-0.1, -0.05) is 32.8 Å². The Morgan fingerprint density at radius 2 is 1.94 bits per heavy atom. The van der Waals surface area contributed by atoms with Gasteiger partial charge in [-0.15, -0.1) is 6.58 Å². The van der Waals surface area contributed by atoms with Crippen LogP contribution in [0.2, 0.25) is 0 Å². The molecule has 0 aliphatic heterocycles. The number of hydrogen-bond donors (Lipinski definition) is 1. The molecule has 1 N–H and O–H groups in total. The summed E-state index contributed by atoms with van der Waals surface area (Å²) in [5, 5.41) is 3.61. The van der Waals surface area contributed by atoms with Crippen LogP contribution in [0.25, 0.3) is 0 Å². The van der Waals surface area contributed by atoms with E-state index in [2.05, 4.69) is 25.7 Å². The van der Waals surface area contributed by atoms with Crippen molar-refractivity contribution in [3.05, 3.63) is 12.7 Å². The Labute approximate surface area is 102 Å². The minimum Gasteiger partial charge on any atom is -0.314 e. The molecule has 1 rings (SSSR count). The molecule has 16 heavy (non-hydrogen) atoms. The second-order valence-corrected chi connectivity index (χ2v) is 6.03. The molecule has 1 aliphatic rings. The third-order valence-electron chi connectivity index (χ3n) is 3.57. The van der Waals surface area contributed by atoms with Crippen molar-refractivity contribution in [2.24, 2.45) is 5.41 Å². The third-order valence-corrected chi connectivity index (χ3v) is 3.57. The van der Waals surface area contributed by atoms with Crippen LogP contribution in [-0.2, 0) is 0 Å². The van der Waals surface area contributed by atoms with E-state index in [0.29, 0.717) is 5.41 Å². The SMILES string of the molecule is C=CCCCCCC(C)(C)CCNC1CC1. The number of nitrogens with one attached hydrogen (secondary N) is 1. The Bertz CT molecular complexity index is 192. The lowest BCUT2D eigenvalue weighted by molar-refractivity contribution is 0.290. The van der Waals surface area contributed by atoms with Crippen LogP contribution in [0.4, 0.5) is 0 Å². The molecule has 0 saturated heterocycles. The van der Waals surface area contributed by atoms with Gasteiger partial charge in [-0.05, 0) is 50.5 Å². The second kappa shape index (κ2) is 7.11. The van der Waals surface area contributed by atoms with E-state index in [4.69, 9.17) is 0 Å². The van der Waals surface area contributed by atoms with Gasteiger partial charge in [0.15, 0.2) is 0 Å². The van der Waals surface area contributed by atoms with Crippen LogP contribution in [0.3, 0.4) is 0 Å². The summed E-state index contributed by atoms with van der Waals surface area (Å²) in [4.78, 5) is 0. The van der Waals surface area contributed by atoms with Gasteiger partial charge >= 0.3 is 0 Å². The van der Waals surface area contributed by atoms with Gasteiger partial charge in [0.05, 0.1) is 0 Å². The highest BCUT2D eigenvalue weighted by molar-refractivity contribution is 4.81. The largest absolute Gasteiger partial charge is 0.314 e. The number of rotatable bonds is 10. The van der Waals surface area contributed by atoms with Crippen molar-refractivity contribution in [3.8, 4) is 0 Å². The van der Waals surface area contributed by atoms with Crippen LogP contribution >= 0.6 is 0 Å². The molecule has 0 aromatic rings. The predicted octanol–water partition coefficient (Wildman–Crippen LogP) is 4.29. The standard InChI is InChI=1S/C15H29N/c1-4-5-6-7-8-11-15(2,3)12-13-16-14-9-10-14/h4,14,16H,1,5-13H2,2-3H3. The van der Waals surface area contributed by atoms with Gasteiger partial charge in [0.1, 0.15) is 0 Å². The summed E-state index contributed by atoms with van der Waals surface area (Å²) in [5.41, 5.74) is 0.524. The summed E-state index contributed by atoms with van der Waals surface area (Å²) in [7, 11) is 0. The van der Waals surface area contributed by atoms with Gasteiger partial charge < -0.3 is 5.32 Å². The first-order valence-electron chi connectivity index (χ1n) is 6.98. The van der Waals surface area contributed by atoms with Gasteiger partial charge in [-0.25, -0.2) is 0 Å². The lowest BCUT2D eigenvalue weighted by atomic mass is 9.83. The second-order valence-electron chi connectivity index (χ2n) is 6.03. The number of hydrogen-bond acceptors (Lipinski definition) is 1. The van der Waals surface area contributed by atoms with Crippen molar-refractivity contribution in [1.82, 2.24) is 5.32 Å². The maximum atomic E-state index is 3.76. The van der Waals surface area contributed by atoms with Crippen molar-refractivity contribution >= 4 is 0 Å². The molecule has 1 saturated carbocycles. The molecular formula is C15H29N. The molecule has 0 aromatic carbocycles. The fourth-order valence-corrected chi connectivity index (χ4v) is 2.10. The van der Waals surface area contributed by atoms with E-state index in [0.717, 1.165) is 6.04 Å². The molecule has 0 aromatic heterocycles. The fourth-order valence-electron chi connectivity index (χ4n) is 2.10. The normalized spacial score (nSPS) is 16.4. The molecule has 0 spiro atoms. The summed E-state index contributed by atoms with van der Waals surface area (Å²) >= 11 is 0. The van der Waals surface area contributed by atoms with E-state index < -0.39 is 0 Å². The van der Waals surface area contributed by atoms with Crippen molar-refractivity contribution in [3.63, 3.8) is 0 Å². The Hall–Kier alpha value is -0.300. The summed E-state index contributed by atoms with van der Waals surface area (Å²) in [6.07, 6.45) is 12.8. The molecule has 0 unspecified atom stereocenters. The molecule has 1 aliphatic carbocycles. The molecular weight excluding hydrogens is 194 g/mol. The topological polar surface area (TPSA) is 12.0 Å². The maximum absolute atomic E-state index is 3.76. The smallest absolute Gasteiger partial charge is 0.00682 e. The van der Waals surface area contributed by atoms with E-state index in [-0.39, 0.29) is 0 Å². The average Bonchev–Trinajstić information content (AvgIpc) is 3.01. The van der Waals surface area contributed by atoms with Crippen molar-refractivity contribution in [1.29, 1.82) is 0 Å².